The first-order valence-electron chi connectivity index (χ1n) is 8.96. The largest absolute Gasteiger partial charge is 0.389 e. The molecule has 1 aliphatic rings. The maximum atomic E-state index is 12.3. The van der Waals surface area contributed by atoms with Gasteiger partial charge in [0.15, 0.2) is 5.65 Å². The van der Waals surface area contributed by atoms with Gasteiger partial charge < -0.3 is 10.2 Å². The van der Waals surface area contributed by atoms with Crippen LogP contribution in [0.2, 0.25) is 0 Å². The summed E-state index contributed by atoms with van der Waals surface area (Å²) in [6.07, 6.45) is -1.27. The van der Waals surface area contributed by atoms with Crippen molar-refractivity contribution in [1.82, 2.24) is 30.7 Å². The molecule has 1 amide bonds. The number of carbonyl (C=O) groups excluding carboxylic acids is 1. The van der Waals surface area contributed by atoms with E-state index in [9.17, 15) is 18.0 Å². The van der Waals surface area contributed by atoms with Crippen molar-refractivity contribution in [2.75, 3.05) is 18.0 Å². The lowest BCUT2D eigenvalue weighted by Crippen LogP contribution is -2.48. The van der Waals surface area contributed by atoms with Crippen molar-refractivity contribution in [2.24, 2.45) is 0 Å². The van der Waals surface area contributed by atoms with E-state index in [4.69, 9.17) is 0 Å². The molecule has 0 aliphatic carbocycles. The number of aromatic amines is 1. The second-order valence-corrected chi connectivity index (χ2v) is 6.83. The minimum Gasteiger partial charge on any atom is -0.354 e. The van der Waals surface area contributed by atoms with Gasteiger partial charge in [-0.2, -0.15) is 18.3 Å². The van der Waals surface area contributed by atoms with Crippen LogP contribution in [0, 0.1) is 0 Å². The summed E-state index contributed by atoms with van der Waals surface area (Å²) in [5.41, 5.74) is 1.15. The number of rotatable bonds is 4. The summed E-state index contributed by atoms with van der Waals surface area (Å²) in [7, 11) is 0. The summed E-state index contributed by atoms with van der Waals surface area (Å²) >= 11 is 0. The van der Waals surface area contributed by atoms with Crippen molar-refractivity contribution in [2.45, 2.75) is 37.9 Å². The fourth-order valence-corrected chi connectivity index (χ4v) is 3.52. The summed E-state index contributed by atoms with van der Waals surface area (Å²) in [6, 6.07) is 1.62. The van der Waals surface area contributed by atoms with Gasteiger partial charge in [0, 0.05) is 37.1 Å². The summed E-state index contributed by atoms with van der Waals surface area (Å²) < 4.78 is 36.9. The normalized spacial score (nSPS) is 18.0. The number of nitrogens with one attached hydrogen (secondary N) is 2. The van der Waals surface area contributed by atoms with Gasteiger partial charge in [0.05, 0.1) is 18.0 Å². The number of halogens is 3. The highest BCUT2D eigenvalue weighted by Crippen LogP contribution is 2.30. The van der Waals surface area contributed by atoms with Crippen molar-refractivity contribution in [1.29, 1.82) is 0 Å². The average Bonchev–Trinajstić information content (AvgIpc) is 3.15. The molecule has 3 aromatic rings. The van der Waals surface area contributed by atoms with Crippen LogP contribution in [0.15, 0.2) is 18.5 Å². The maximum absolute atomic E-state index is 12.3. The minimum atomic E-state index is -4.33. The Morgan fingerprint density at radius 2 is 2.21 bits per heavy atom. The summed E-state index contributed by atoms with van der Waals surface area (Å²) in [6.45, 7) is 1.19. The lowest BCUT2D eigenvalue weighted by atomic mass is 10.0. The Morgan fingerprint density at radius 1 is 1.36 bits per heavy atom. The van der Waals surface area contributed by atoms with Gasteiger partial charge >= 0.3 is 6.18 Å². The first kappa shape index (κ1) is 18.4. The molecular formula is C17H18F3N7O. The quantitative estimate of drug-likeness (QED) is 0.706. The molecule has 4 heterocycles. The molecule has 0 spiro atoms. The van der Waals surface area contributed by atoms with Crippen LogP contribution >= 0.6 is 0 Å². The number of hydrogen-bond donors (Lipinski definition) is 2. The number of anilines is 1. The fraction of sp³-hybridized carbons (Fsp3) is 0.471. The second-order valence-electron chi connectivity index (χ2n) is 6.83. The lowest BCUT2D eigenvalue weighted by Gasteiger charge is -2.34. The zero-order valence-corrected chi connectivity index (χ0v) is 14.8. The van der Waals surface area contributed by atoms with Gasteiger partial charge in [0.2, 0.25) is 5.91 Å². The standard InChI is InChI=1S/C17H18F3N7O/c18-17(19,20)5-3-13(28)23-10-2-1-7-27(9-10)16-14-11-4-6-21-15(11)25-24-12(14)8-22-26-16/h4,6,8,10,26H,1-3,5,7,9H2,(H,23,28). The Balaban J connectivity index is 1.54. The number of piperidine rings is 1. The molecule has 28 heavy (non-hydrogen) atoms. The van der Waals surface area contributed by atoms with E-state index < -0.39 is 24.9 Å². The highest BCUT2D eigenvalue weighted by Gasteiger charge is 2.29. The Kier molecular flexibility index (Phi) is 4.73. The van der Waals surface area contributed by atoms with E-state index in [-0.39, 0.29) is 6.04 Å². The molecule has 2 N–H and O–H groups in total. The number of fused-ring (bicyclic) bond motifs is 3. The topological polar surface area (TPSA) is 99.7 Å². The number of amides is 1. The van der Waals surface area contributed by atoms with E-state index in [1.807, 2.05) is 11.0 Å². The summed E-state index contributed by atoms with van der Waals surface area (Å²) in [5, 5.41) is 19.7. The number of carbonyl (C=O) groups is 1. The molecule has 1 aliphatic heterocycles. The van der Waals surface area contributed by atoms with Gasteiger partial charge in [-0.05, 0) is 18.9 Å². The van der Waals surface area contributed by atoms with Gasteiger partial charge in [0.25, 0.3) is 0 Å². The van der Waals surface area contributed by atoms with Gasteiger partial charge in [-0.3, -0.25) is 9.89 Å². The third-order valence-electron chi connectivity index (χ3n) is 4.79. The van der Waals surface area contributed by atoms with E-state index in [0.29, 0.717) is 24.1 Å². The molecule has 0 bridgehead atoms. The third kappa shape index (κ3) is 3.82. The van der Waals surface area contributed by atoms with Crippen LogP contribution in [0.4, 0.5) is 19.0 Å². The number of nitrogens with zero attached hydrogens (tertiary/aromatic N) is 5. The summed E-state index contributed by atoms with van der Waals surface area (Å²) in [4.78, 5) is 18.1. The van der Waals surface area contributed by atoms with Crippen molar-refractivity contribution < 1.29 is 18.0 Å². The van der Waals surface area contributed by atoms with E-state index in [1.165, 1.54) is 0 Å². The average molecular weight is 393 g/mol. The van der Waals surface area contributed by atoms with E-state index in [0.717, 1.165) is 29.6 Å². The molecule has 148 valence electrons. The van der Waals surface area contributed by atoms with Crippen LogP contribution in [0.25, 0.3) is 21.9 Å². The zero-order chi connectivity index (χ0) is 19.7. The number of alkyl halides is 3. The molecule has 4 rings (SSSR count). The van der Waals surface area contributed by atoms with E-state index in [1.54, 1.807) is 12.4 Å². The van der Waals surface area contributed by atoms with E-state index >= 15 is 0 Å². The first-order chi connectivity index (χ1) is 13.4. The molecule has 8 nitrogen and oxygen atoms in total. The maximum Gasteiger partial charge on any atom is 0.389 e. The molecular weight excluding hydrogens is 375 g/mol. The van der Waals surface area contributed by atoms with Crippen LogP contribution in [0.1, 0.15) is 25.7 Å². The smallest absolute Gasteiger partial charge is 0.354 e. The SMILES string of the molecule is O=C(CCC(F)(F)F)NC1CCCN(c2[nH]ncc3nnc4nccc4c23)C1. The second kappa shape index (κ2) is 7.21. The molecule has 0 aromatic carbocycles. The molecule has 1 saturated heterocycles. The van der Waals surface area contributed by atoms with Crippen LogP contribution in [0.3, 0.4) is 0 Å². The van der Waals surface area contributed by atoms with Crippen LogP contribution in [-0.2, 0) is 4.79 Å². The van der Waals surface area contributed by atoms with Crippen molar-refractivity contribution in [3.05, 3.63) is 18.5 Å². The molecule has 0 radical (unpaired) electrons. The van der Waals surface area contributed by atoms with Crippen LogP contribution < -0.4 is 10.2 Å². The van der Waals surface area contributed by atoms with Crippen LogP contribution in [-0.4, -0.2) is 56.6 Å². The first-order valence-corrected chi connectivity index (χ1v) is 8.96. The molecule has 1 atom stereocenters. The number of hydrogen-bond acceptors (Lipinski definition) is 6. The molecule has 11 heteroatoms. The predicted octanol–water partition coefficient (Wildman–Crippen LogP) is 2.33. The zero-order valence-electron chi connectivity index (χ0n) is 14.8. The Morgan fingerprint density at radius 3 is 3.04 bits per heavy atom. The highest BCUT2D eigenvalue weighted by molar-refractivity contribution is 6.08. The Bertz CT molecular complexity index is 1000. The van der Waals surface area contributed by atoms with Gasteiger partial charge in [-0.1, -0.05) is 0 Å². The van der Waals surface area contributed by atoms with Crippen molar-refractivity contribution >= 4 is 33.7 Å². The lowest BCUT2D eigenvalue weighted by molar-refractivity contribution is -0.144. The molecule has 1 unspecified atom stereocenters. The minimum absolute atomic E-state index is 0.235. The Labute approximate surface area is 157 Å². The van der Waals surface area contributed by atoms with Crippen molar-refractivity contribution in [3.8, 4) is 0 Å². The van der Waals surface area contributed by atoms with E-state index in [2.05, 4.69) is 30.7 Å². The molecule has 1 fully saturated rings. The number of aromatic nitrogens is 5. The number of H-pyrrole nitrogens is 1. The van der Waals surface area contributed by atoms with Crippen molar-refractivity contribution in [3.63, 3.8) is 0 Å². The summed E-state index contributed by atoms with van der Waals surface area (Å²) in [5.74, 6) is 0.150. The molecule has 3 aromatic heterocycles. The van der Waals surface area contributed by atoms with Gasteiger partial charge in [-0.15, -0.1) is 10.2 Å². The predicted molar refractivity (Wildman–Crippen MR) is 95.7 cm³/mol. The Hall–Kier alpha value is -2.98. The molecule has 0 saturated carbocycles. The third-order valence-corrected chi connectivity index (χ3v) is 4.79. The fourth-order valence-electron chi connectivity index (χ4n) is 3.52. The van der Waals surface area contributed by atoms with Crippen LogP contribution in [0.5, 0.6) is 0 Å². The monoisotopic (exact) mass is 393 g/mol. The van der Waals surface area contributed by atoms with Gasteiger partial charge in [0.1, 0.15) is 11.3 Å². The van der Waals surface area contributed by atoms with Gasteiger partial charge in [-0.25, -0.2) is 4.98 Å². The highest BCUT2D eigenvalue weighted by atomic mass is 19.4.